The van der Waals surface area contributed by atoms with Crippen molar-refractivity contribution in [2.75, 3.05) is 31.5 Å². The number of hydrogen-bond donors (Lipinski definition) is 1. The summed E-state index contributed by atoms with van der Waals surface area (Å²) in [5, 5.41) is 10.5. The molecular formula is C19H27N5S. The Morgan fingerprint density at radius 1 is 1.24 bits per heavy atom. The van der Waals surface area contributed by atoms with Crippen molar-refractivity contribution >= 4 is 22.8 Å². The molecule has 5 nitrogen and oxygen atoms in total. The van der Waals surface area contributed by atoms with Crippen LogP contribution in [0.4, 0.5) is 5.82 Å². The molecular weight excluding hydrogens is 330 g/mol. The van der Waals surface area contributed by atoms with Gasteiger partial charge in [-0.1, -0.05) is 26.8 Å². The monoisotopic (exact) mass is 357 g/mol. The van der Waals surface area contributed by atoms with Crippen LogP contribution in [0.1, 0.15) is 32.0 Å². The lowest BCUT2D eigenvalue weighted by atomic mass is 10.1. The van der Waals surface area contributed by atoms with E-state index in [0.29, 0.717) is 0 Å². The second-order valence-corrected chi connectivity index (χ2v) is 7.06. The Hall–Kier alpha value is -1.92. The van der Waals surface area contributed by atoms with Crippen molar-refractivity contribution in [2.45, 2.75) is 34.1 Å². The third-order valence-electron chi connectivity index (χ3n) is 4.65. The Morgan fingerprint density at radius 3 is 2.68 bits per heavy atom. The Labute approximate surface area is 153 Å². The summed E-state index contributed by atoms with van der Waals surface area (Å²) in [5.74, 6) is 1.08. The predicted octanol–water partition coefficient (Wildman–Crippen LogP) is 4.08. The smallest absolute Gasteiger partial charge is 0.158 e. The summed E-state index contributed by atoms with van der Waals surface area (Å²) in [6, 6.07) is 6.24. The van der Waals surface area contributed by atoms with Gasteiger partial charge in [-0.05, 0) is 37.9 Å². The molecule has 0 radical (unpaired) electrons. The molecule has 0 aromatic carbocycles. The molecule has 134 valence electrons. The van der Waals surface area contributed by atoms with Crippen LogP contribution in [-0.4, -0.2) is 45.7 Å². The number of thiophene rings is 1. The number of fused-ring (bicyclic) bond motifs is 1. The molecule has 0 saturated carbocycles. The third-order valence-corrected chi connectivity index (χ3v) is 5.54. The number of likely N-dealkylation sites (N-methyl/N-ethyl adjacent to an activating group) is 1. The van der Waals surface area contributed by atoms with Gasteiger partial charge in [0.15, 0.2) is 5.65 Å². The van der Waals surface area contributed by atoms with E-state index in [2.05, 4.69) is 61.5 Å². The van der Waals surface area contributed by atoms with Gasteiger partial charge >= 0.3 is 0 Å². The number of nitrogens with zero attached hydrogens (tertiary/aromatic N) is 4. The second kappa shape index (κ2) is 7.97. The molecule has 3 heterocycles. The van der Waals surface area contributed by atoms with Gasteiger partial charge in [0.25, 0.3) is 0 Å². The maximum atomic E-state index is 4.83. The molecule has 0 saturated heterocycles. The van der Waals surface area contributed by atoms with Crippen molar-refractivity contribution in [3.8, 4) is 10.6 Å². The Balaban J connectivity index is 1.96. The molecule has 0 spiro atoms. The zero-order valence-corrected chi connectivity index (χ0v) is 16.4. The summed E-state index contributed by atoms with van der Waals surface area (Å²) in [4.78, 5) is 8.36. The van der Waals surface area contributed by atoms with E-state index in [1.54, 1.807) is 11.3 Å². The first-order valence-corrected chi connectivity index (χ1v) is 9.95. The van der Waals surface area contributed by atoms with E-state index < -0.39 is 0 Å². The highest BCUT2D eigenvalue weighted by Crippen LogP contribution is 2.27. The van der Waals surface area contributed by atoms with E-state index in [-0.39, 0.29) is 0 Å². The summed E-state index contributed by atoms with van der Waals surface area (Å²) in [5.41, 5.74) is 4.22. The standard InChI is InChI=1S/C19H27N5S/c1-5-15-14(4)21-18-13-16(17-9-8-12-25-17)22-24(18)19(15)20-10-11-23(6-2)7-3/h8-9,12-13,20H,5-7,10-11H2,1-4H3. The third kappa shape index (κ3) is 3.70. The molecule has 3 aromatic heterocycles. The zero-order chi connectivity index (χ0) is 17.8. The van der Waals surface area contributed by atoms with Gasteiger partial charge in [-0.25, -0.2) is 4.98 Å². The first-order chi connectivity index (χ1) is 12.2. The van der Waals surface area contributed by atoms with Gasteiger partial charge in [-0.2, -0.15) is 9.61 Å². The van der Waals surface area contributed by atoms with Gasteiger partial charge in [0.1, 0.15) is 11.5 Å². The van der Waals surface area contributed by atoms with Crippen LogP contribution in [0, 0.1) is 6.92 Å². The van der Waals surface area contributed by atoms with Crippen molar-refractivity contribution < 1.29 is 0 Å². The summed E-state index contributed by atoms with van der Waals surface area (Å²) in [7, 11) is 0. The van der Waals surface area contributed by atoms with E-state index in [9.17, 15) is 0 Å². The summed E-state index contributed by atoms with van der Waals surface area (Å²) < 4.78 is 1.98. The molecule has 0 amide bonds. The van der Waals surface area contributed by atoms with Crippen molar-refractivity contribution in [3.05, 3.63) is 34.8 Å². The minimum Gasteiger partial charge on any atom is -0.368 e. The molecule has 1 N–H and O–H groups in total. The summed E-state index contributed by atoms with van der Waals surface area (Å²) in [6.07, 6.45) is 0.941. The zero-order valence-electron chi connectivity index (χ0n) is 15.5. The van der Waals surface area contributed by atoms with E-state index >= 15 is 0 Å². The molecule has 3 aromatic rings. The van der Waals surface area contributed by atoms with Crippen LogP contribution in [0.5, 0.6) is 0 Å². The van der Waals surface area contributed by atoms with Gasteiger partial charge in [0, 0.05) is 30.4 Å². The molecule has 0 fully saturated rings. The molecule has 0 unspecified atom stereocenters. The number of aryl methyl sites for hydroxylation is 1. The number of rotatable bonds is 8. The van der Waals surface area contributed by atoms with Crippen LogP contribution < -0.4 is 5.32 Å². The highest BCUT2D eigenvalue weighted by Gasteiger charge is 2.15. The van der Waals surface area contributed by atoms with Crippen molar-refractivity contribution in [2.24, 2.45) is 0 Å². The fraction of sp³-hybridized carbons (Fsp3) is 0.474. The predicted molar refractivity (Wildman–Crippen MR) is 107 cm³/mol. The average Bonchev–Trinajstić information content (AvgIpc) is 3.27. The van der Waals surface area contributed by atoms with Crippen LogP contribution in [0.2, 0.25) is 0 Å². The van der Waals surface area contributed by atoms with Gasteiger partial charge in [-0.15, -0.1) is 11.3 Å². The highest BCUT2D eigenvalue weighted by molar-refractivity contribution is 7.13. The van der Waals surface area contributed by atoms with Crippen LogP contribution >= 0.6 is 11.3 Å². The lowest BCUT2D eigenvalue weighted by molar-refractivity contribution is 0.316. The molecule has 6 heteroatoms. The highest BCUT2D eigenvalue weighted by atomic mass is 32.1. The lowest BCUT2D eigenvalue weighted by Crippen LogP contribution is -2.29. The van der Waals surface area contributed by atoms with Gasteiger partial charge < -0.3 is 10.2 Å². The normalized spacial score (nSPS) is 11.6. The first kappa shape index (κ1) is 17.9. The van der Waals surface area contributed by atoms with Crippen molar-refractivity contribution in [1.82, 2.24) is 19.5 Å². The van der Waals surface area contributed by atoms with Crippen molar-refractivity contribution in [1.29, 1.82) is 0 Å². The SMILES string of the molecule is CCc1c(C)nc2cc(-c3cccs3)nn2c1NCCN(CC)CC. The first-order valence-electron chi connectivity index (χ1n) is 9.07. The number of anilines is 1. The van der Waals surface area contributed by atoms with Crippen LogP contribution in [0.25, 0.3) is 16.2 Å². The molecule has 0 aliphatic carbocycles. The Bertz CT molecular complexity index is 818. The summed E-state index contributed by atoms with van der Waals surface area (Å²) in [6.45, 7) is 12.8. The fourth-order valence-corrected chi connectivity index (χ4v) is 3.86. The minimum absolute atomic E-state index is 0.904. The number of aromatic nitrogens is 3. The topological polar surface area (TPSA) is 45.5 Å². The van der Waals surface area contributed by atoms with E-state index in [1.807, 2.05) is 4.52 Å². The number of hydrogen-bond acceptors (Lipinski definition) is 5. The van der Waals surface area contributed by atoms with E-state index in [0.717, 1.165) is 55.5 Å². The Kier molecular flexibility index (Phi) is 5.71. The molecule has 3 rings (SSSR count). The van der Waals surface area contributed by atoms with Gasteiger partial charge in [-0.3, -0.25) is 0 Å². The van der Waals surface area contributed by atoms with Gasteiger partial charge in [0.2, 0.25) is 0 Å². The van der Waals surface area contributed by atoms with Crippen LogP contribution in [0.15, 0.2) is 23.6 Å². The Morgan fingerprint density at radius 2 is 2.04 bits per heavy atom. The minimum atomic E-state index is 0.904. The molecule has 25 heavy (non-hydrogen) atoms. The molecule has 0 atom stereocenters. The van der Waals surface area contributed by atoms with Crippen LogP contribution in [-0.2, 0) is 6.42 Å². The number of nitrogens with one attached hydrogen (secondary N) is 1. The van der Waals surface area contributed by atoms with Crippen LogP contribution in [0.3, 0.4) is 0 Å². The fourth-order valence-electron chi connectivity index (χ4n) is 3.18. The maximum Gasteiger partial charge on any atom is 0.158 e. The largest absolute Gasteiger partial charge is 0.368 e. The van der Waals surface area contributed by atoms with Crippen molar-refractivity contribution in [3.63, 3.8) is 0 Å². The van der Waals surface area contributed by atoms with E-state index in [1.165, 1.54) is 10.4 Å². The van der Waals surface area contributed by atoms with Gasteiger partial charge in [0.05, 0.1) is 4.88 Å². The average molecular weight is 358 g/mol. The van der Waals surface area contributed by atoms with E-state index in [4.69, 9.17) is 10.1 Å². The second-order valence-electron chi connectivity index (χ2n) is 6.11. The summed E-state index contributed by atoms with van der Waals surface area (Å²) >= 11 is 1.71. The molecule has 0 aliphatic heterocycles. The quantitative estimate of drug-likeness (QED) is 0.660. The maximum absolute atomic E-state index is 4.83. The lowest BCUT2D eigenvalue weighted by Gasteiger charge is -2.20. The molecule has 0 aliphatic rings. The molecule has 0 bridgehead atoms.